The van der Waals surface area contributed by atoms with Gasteiger partial charge in [0, 0.05) is 32.7 Å². The third kappa shape index (κ3) is 3.11. The molecule has 1 saturated heterocycles. The summed E-state index contributed by atoms with van der Waals surface area (Å²) >= 11 is 0. The molecule has 1 aromatic heterocycles. The Morgan fingerprint density at radius 1 is 1.19 bits per heavy atom. The Balaban J connectivity index is 1.60. The van der Waals surface area contributed by atoms with Gasteiger partial charge in [-0.05, 0) is 31.9 Å². The molecule has 7 nitrogen and oxygen atoms in total. The molecule has 0 aromatic carbocycles. The first kappa shape index (κ1) is 14.5. The topological polar surface area (TPSA) is 78.4 Å². The van der Waals surface area contributed by atoms with Crippen molar-refractivity contribution in [2.75, 3.05) is 42.9 Å². The minimum atomic E-state index is -3.05. The van der Waals surface area contributed by atoms with Crippen LogP contribution in [0.5, 0.6) is 0 Å². The van der Waals surface area contributed by atoms with Crippen LogP contribution in [-0.4, -0.2) is 60.9 Å². The van der Waals surface area contributed by atoms with Crippen LogP contribution in [0.2, 0.25) is 0 Å². The zero-order valence-electron chi connectivity index (χ0n) is 12.2. The van der Waals surface area contributed by atoms with E-state index in [4.69, 9.17) is 0 Å². The van der Waals surface area contributed by atoms with E-state index in [9.17, 15) is 8.42 Å². The van der Waals surface area contributed by atoms with E-state index in [1.807, 2.05) is 19.1 Å². The normalized spacial score (nSPS) is 20.5. The molecule has 1 aliphatic carbocycles. The maximum Gasteiger partial charge on any atom is 0.217 e. The highest BCUT2D eigenvalue weighted by atomic mass is 32.2. The van der Waals surface area contributed by atoms with E-state index in [0.717, 1.165) is 31.0 Å². The van der Waals surface area contributed by atoms with Crippen molar-refractivity contribution in [1.29, 1.82) is 0 Å². The standard InChI is InChI=1S/C13H21N5O2S/c1-2-14-12-5-6-13(16-15-12)17-7-9-18(10-8-17)21(19,20)11-3-4-11/h5-6,11H,2-4,7-10H2,1H3,(H,14,15). The van der Waals surface area contributed by atoms with Gasteiger partial charge in [0.1, 0.15) is 5.82 Å². The summed E-state index contributed by atoms with van der Waals surface area (Å²) in [5.41, 5.74) is 0. The van der Waals surface area contributed by atoms with Gasteiger partial charge in [0.05, 0.1) is 5.25 Å². The van der Waals surface area contributed by atoms with E-state index in [-0.39, 0.29) is 5.25 Å². The van der Waals surface area contributed by atoms with Crippen molar-refractivity contribution in [2.45, 2.75) is 25.0 Å². The summed E-state index contributed by atoms with van der Waals surface area (Å²) in [7, 11) is -3.05. The highest BCUT2D eigenvalue weighted by Gasteiger charge is 2.41. The Labute approximate surface area is 125 Å². The average molecular weight is 311 g/mol. The third-order valence-electron chi connectivity index (χ3n) is 3.88. The molecule has 1 N–H and O–H groups in total. The van der Waals surface area contributed by atoms with Crippen molar-refractivity contribution in [2.24, 2.45) is 0 Å². The van der Waals surface area contributed by atoms with Crippen molar-refractivity contribution >= 4 is 21.7 Å². The van der Waals surface area contributed by atoms with Crippen molar-refractivity contribution in [3.63, 3.8) is 0 Å². The van der Waals surface area contributed by atoms with Crippen LogP contribution in [0.15, 0.2) is 12.1 Å². The van der Waals surface area contributed by atoms with Crippen LogP contribution in [0.1, 0.15) is 19.8 Å². The first-order valence-corrected chi connectivity index (χ1v) is 8.93. The summed E-state index contributed by atoms with van der Waals surface area (Å²) < 4.78 is 26.0. The number of hydrogen-bond donors (Lipinski definition) is 1. The van der Waals surface area contributed by atoms with Gasteiger partial charge < -0.3 is 10.2 Å². The van der Waals surface area contributed by atoms with E-state index in [1.54, 1.807) is 4.31 Å². The van der Waals surface area contributed by atoms with Gasteiger partial charge in [-0.3, -0.25) is 0 Å². The molecule has 21 heavy (non-hydrogen) atoms. The Bertz CT molecular complexity index is 577. The number of hydrogen-bond acceptors (Lipinski definition) is 6. The van der Waals surface area contributed by atoms with Crippen LogP contribution in [0.3, 0.4) is 0 Å². The summed E-state index contributed by atoms with van der Waals surface area (Å²) in [5, 5.41) is 11.3. The van der Waals surface area contributed by atoms with Crippen LogP contribution < -0.4 is 10.2 Å². The fourth-order valence-electron chi connectivity index (χ4n) is 2.52. The van der Waals surface area contributed by atoms with Gasteiger partial charge in [0.25, 0.3) is 0 Å². The van der Waals surface area contributed by atoms with Crippen molar-refractivity contribution in [1.82, 2.24) is 14.5 Å². The molecule has 8 heteroatoms. The van der Waals surface area contributed by atoms with Crippen molar-refractivity contribution in [3.8, 4) is 0 Å². The number of aromatic nitrogens is 2. The molecule has 1 aliphatic heterocycles. The van der Waals surface area contributed by atoms with E-state index >= 15 is 0 Å². The summed E-state index contributed by atoms with van der Waals surface area (Å²) in [5.74, 6) is 1.57. The number of nitrogens with zero attached hydrogens (tertiary/aromatic N) is 4. The molecule has 1 saturated carbocycles. The maximum absolute atomic E-state index is 12.2. The Kier molecular flexibility index (Phi) is 3.99. The lowest BCUT2D eigenvalue weighted by Gasteiger charge is -2.34. The molecular formula is C13H21N5O2S. The number of piperazine rings is 1. The van der Waals surface area contributed by atoms with Gasteiger partial charge in [-0.1, -0.05) is 0 Å². The van der Waals surface area contributed by atoms with Gasteiger partial charge >= 0.3 is 0 Å². The van der Waals surface area contributed by atoms with Crippen molar-refractivity contribution in [3.05, 3.63) is 12.1 Å². The fraction of sp³-hybridized carbons (Fsp3) is 0.692. The zero-order chi connectivity index (χ0) is 14.9. The van der Waals surface area contributed by atoms with E-state index in [2.05, 4.69) is 20.4 Å². The molecule has 0 unspecified atom stereocenters. The Morgan fingerprint density at radius 3 is 2.43 bits per heavy atom. The van der Waals surface area contributed by atoms with E-state index < -0.39 is 10.0 Å². The van der Waals surface area contributed by atoms with Gasteiger partial charge in [-0.2, -0.15) is 4.31 Å². The molecule has 0 amide bonds. The second kappa shape index (κ2) is 5.76. The molecule has 2 heterocycles. The molecular weight excluding hydrogens is 290 g/mol. The third-order valence-corrected chi connectivity index (χ3v) is 6.28. The minimum absolute atomic E-state index is 0.122. The largest absolute Gasteiger partial charge is 0.369 e. The monoisotopic (exact) mass is 311 g/mol. The lowest BCUT2D eigenvalue weighted by atomic mass is 10.3. The smallest absolute Gasteiger partial charge is 0.217 e. The van der Waals surface area contributed by atoms with Crippen LogP contribution in [-0.2, 0) is 10.0 Å². The first-order chi connectivity index (χ1) is 10.1. The Morgan fingerprint density at radius 2 is 1.90 bits per heavy atom. The average Bonchev–Trinajstić information content (AvgIpc) is 3.34. The molecule has 2 aliphatic rings. The number of sulfonamides is 1. The van der Waals surface area contributed by atoms with E-state index in [0.29, 0.717) is 26.2 Å². The summed E-state index contributed by atoms with van der Waals surface area (Å²) in [6.07, 6.45) is 1.64. The first-order valence-electron chi connectivity index (χ1n) is 7.43. The predicted molar refractivity (Wildman–Crippen MR) is 81.9 cm³/mol. The zero-order valence-corrected chi connectivity index (χ0v) is 13.0. The number of anilines is 2. The highest BCUT2D eigenvalue weighted by molar-refractivity contribution is 7.90. The van der Waals surface area contributed by atoms with Gasteiger partial charge in [0.15, 0.2) is 5.82 Å². The van der Waals surface area contributed by atoms with Gasteiger partial charge in [-0.15, -0.1) is 10.2 Å². The molecule has 116 valence electrons. The molecule has 3 rings (SSSR count). The minimum Gasteiger partial charge on any atom is -0.369 e. The summed E-state index contributed by atoms with van der Waals surface area (Å²) in [4.78, 5) is 2.08. The lowest BCUT2D eigenvalue weighted by molar-refractivity contribution is 0.383. The summed E-state index contributed by atoms with van der Waals surface area (Å²) in [6.45, 7) is 5.23. The molecule has 0 atom stereocenters. The molecule has 2 fully saturated rings. The molecule has 1 aromatic rings. The second-order valence-electron chi connectivity index (χ2n) is 5.44. The van der Waals surface area contributed by atoms with Crippen LogP contribution in [0.4, 0.5) is 11.6 Å². The molecule has 0 spiro atoms. The number of nitrogens with one attached hydrogen (secondary N) is 1. The maximum atomic E-state index is 12.2. The van der Waals surface area contributed by atoms with E-state index in [1.165, 1.54) is 0 Å². The predicted octanol–water partition coefficient (Wildman–Crippen LogP) is 0.523. The Hall–Kier alpha value is -1.41. The van der Waals surface area contributed by atoms with Gasteiger partial charge in [-0.25, -0.2) is 8.42 Å². The van der Waals surface area contributed by atoms with Crippen LogP contribution in [0, 0.1) is 0 Å². The lowest BCUT2D eigenvalue weighted by Crippen LogP contribution is -2.49. The summed E-state index contributed by atoms with van der Waals surface area (Å²) in [6, 6.07) is 3.83. The van der Waals surface area contributed by atoms with Crippen LogP contribution in [0.25, 0.3) is 0 Å². The van der Waals surface area contributed by atoms with Crippen molar-refractivity contribution < 1.29 is 8.42 Å². The van der Waals surface area contributed by atoms with Crippen LogP contribution >= 0.6 is 0 Å². The highest BCUT2D eigenvalue weighted by Crippen LogP contribution is 2.31. The van der Waals surface area contributed by atoms with Gasteiger partial charge in [0.2, 0.25) is 10.0 Å². The molecule has 0 radical (unpaired) electrons. The molecule has 0 bridgehead atoms. The number of rotatable bonds is 5. The fourth-order valence-corrected chi connectivity index (χ4v) is 4.34. The SMILES string of the molecule is CCNc1ccc(N2CCN(S(=O)(=O)C3CC3)CC2)nn1. The quantitative estimate of drug-likeness (QED) is 0.854. The second-order valence-corrected chi connectivity index (χ2v) is 7.65.